The fourth-order valence-electron chi connectivity index (χ4n) is 9.59. The Labute approximate surface area is 409 Å². The number of aromatic nitrogens is 1. The number of nitrogens with one attached hydrogen (secondary N) is 1. The molecule has 0 atom stereocenters. The van der Waals surface area contributed by atoms with Gasteiger partial charge >= 0.3 is 0 Å². The van der Waals surface area contributed by atoms with E-state index in [0.29, 0.717) is 0 Å². The van der Waals surface area contributed by atoms with Crippen LogP contribution in [0.1, 0.15) is 0 Å². The second-order valence-electron chi connectivity index (χ2n) is 16.8. The molecule has 0 saturated heterocycles. The van der Waals surface area contributed by atoms with E-state index in [2.05, 4.69) is 303 Å². The molecule has 0 aliphatic heterocycles. The summed E-state index contributed by atoms with van der Waals surface area (Å²) < 4.78 is 0. The largest absolute Gasteiger partial charge is 0.355 e. The molecule has 0 amide bonds. The number of anilines is 2. The number of hydrogen-bond donors (Lipinski definition) is 1. The van der Waals surface area contributed by atoms with Crippen molar-refractivity contribution >= 4 is 31.4 Å². The summed E-state index contributed by atoms with van der Waals surface area (Å²) in [6.45, 7) is 0. The van der Waals surface area contributed by atoms with Crippen molar-refractivity contribution in [2.75, 3.05) is 5.32 Å². The zero-order valence-corrected chi connectivity index (χ0v) is 39.7. The molecule has 0 bridgehead atoms. The lowest BCUT2D eigenvalue weighted by Gasteiger charge is -2.42. The Balaban J connectivity index is 1.13. The SMILES string of the molecule is c1ccc(-c2ccccc2Nc2cc(-c3cccc(S(c4ccccc4)(c4ccccc4)c4ccccc4)c3)nc(-c3cccc(S(c4ccccc4)(c4ccccc4)c4ccccc4)c3)c2)cc1. The van der Waals surface area contributed by atoms with Gasteiger partial charge in [0.1, 0.15) is 0 Å². The molecule has 0 aliphatic carbocycles. The average Bonchev–Trinajstić information content (AvgIpc) is 3.44. The van der Waals surface area contributed by atoms with Gasteiger partial charge in [-0.3, -0.25) is 0 Å². The first-order chi connectivity index (χ1) is 34.2. The van der Waals surface area contributed by atoms with E-state index in [0.717, 1.165) is 45.0 Å². The highest BCUT2D eigenvalue weighted by Gasteiger charge is 2.35. The van der Waals surface area contributed by atoms with E-state index in [1.807, 2.05) is 0 Å². The van der Waals surface area contributed by atoms with Crippen molar-refractivity contribution in [3.8, 4) is 33.6 Å². The Bertz CT molecular complexity index is 3060. The first-order valence-corrected chi connectivity index (χ1v) is 26.6. The molecule has 4 heteroatoms. The maximum atomic E-state index is 5.66. The molecule has 0 spiro atoms. The quantitative estimate of drug-likeness (QED) is 0.125. The number of nitrogens with zero attached hydrogens (tertiary/aromatic N) is 1. The van der Waals surface area contributed by atoms with Crippen LogP contribution in [0.15, 0.2) is 336 Å². The highest BCUT2D eigenvalue weighted by Crippen LogP contribution is 2.75. The molecule has 11 rings (SSSR count). The van der Waals surface area contributed by atoms with E-state index in [1.54, 1.807) is 0 Å². The number of benzene rings is 10. The Morgan fingerprint density at radius 2 is 0.536 bits per heavy atom. The lowest BCUT2D eigenvalue weighted by atomic mass is 10.0. The second kappa shape index (κ2) is 19.6. The molecule has 0 aliphatic rings. The van der Waals surface area contributed by atoms with Gasteiger partial charge < -0.3 is 5.32 Å². The fourth-order valence-corrected chi connectivity index (χ4v) is 17.4. The normalized spacial score (nSPS) is 11.9. The number of hydrogen-bond acceptors (Lipinski definition) is 2. The van der Waals surface area contributed by atoms with Crippen LogP contribution in [-0.2, 0) is 0 Å². The van der Waals surface area contributed by atoms with Crippen LogP contribution in [0, 0.1) is 0 Å². The third kappa shape index (κ3) is 8.35. The van der Waals surface area contributed by atoms with E-state index in [4.69, 9.17) is 4.98 Å². The summed E-state index contributed by atoms with van der Waals surface area (Å²) in [4.78, 5) is 15.8. The molecule has 0 saturated carbocycles. The summed E-state index contributed by atoms with van der Waals surface area (Å²) in [7, 11) is -3.88. The molecule has 0 unspecified atom stereocenters. The van der Waals surface area contributed by atoms with Gasteiger partial charge in [-0.25, -0.2) is 4.98 Å². The fraction of sp³-hybridized carbons (Fsp3) is 0. The van der Waals surface area contributed by atoms with Crippen LogP contribution in [0.4, 0.5) is 11.4 Å². The van der Waals surface area contributed by atoms with Crippen molar-refractivity contribution in [3.05, 3.63) is 297 Å². The number of para-hydroxylation sites is 1. The van der Waals surface area contributed by atoms with Gasteiger partial charge in [-0.05, 0) is 121 Å². The van der Waals surface area contributed by atoms with Gasteiger partial charge in [0.15, 0.2) is 0 Å². The molecule has 0 fully saturated rings. The second-order valence-corrected chi connectivity index (χ2v) is 23.0. The molecule has 69 heavy (non-hydrogen) atoms. The van der Waals surface area contributed by atoms with Crippen molar-refractivity contribution in [3.63, 3.8) is 0 Å². The minimum absolute atomic E-state index is 0.884. The maximum Gasteiger partial charge on any atom is 0.0730 e. The number of pyridine rings is 1. The molecule has 1 N–H and O–H groups in total. The number of rotatable bonds is 13. The Morgan fingerprint density at radius 3 is 0.899 bits per heavy atom. The predicted octanol–water partition coefficient (Wildman–Crippen LogP) is 18.5. The van der Waals surface area contributed by atoms with E-state index in [9.17, 15) is 0 Å². The van der Waals surface area contributed by atoms with E-state index in [-0.39, 0.29) is 0 Å². The molecule has 0 radical (unpaired) electrons. The molecule has 2 nitrogen and oxygen atoms in total. The molecular formula is C65H50N2S2. The monoisotopic (exact) mass is 922 g/mol. The highest BCUT2D eigenvalue weighted by molar-refractivity contribution is 8.34. The van der Waals surface area contributed by atoms with E-state index in [1.165, 1.54) is 39.2 Å². The van der Waals surface area contributed by atoms with Crippen LogP contribution in [0.2, 0.25) is 0 Å². The molecule has 332 valence electrons. The Kier molecular flexibility index (Phi) is 12.3. The third-order valence-electron chi connectivity index (χ3n) is 12.7. The zero-order chi connectivity index (χ0) is 46.3. The summed E-state index contributed by atoms with van der Waals surface area (Å²) in [6, 6.07) is 108. The Hall–Kier alpha value is -8.15. The molecule has 10 aromatic carbocycles. The van der Waals surface area contributed by atoms with Crippen LogP contribution < -0.4 is 5.32 Å². The Morgan fingerprint density at radius 1 is 0.246 bits per heavy atom. The van der Waals surface area contributed by atoms with Crippen LogP contribution in [0.25, 0.3) is 33.6 Å². The first-order valence-electron chi connectivity index (χ1n) is 23.3. The van der Waals surface area contributed by atoms with Gasteiger partial charge in [0.05, 0.1) is 11.4 Å². The van der Waals surface area contributed by atoms with Crippen LogP contribution in [0.5, 0.6) is 0 Å². The van der Waals surface area contributed by atoms with E-state index < -0.39 is 20.1 Å². The molecule has 1 heterocycles. The molecular weight excluding hydrogens is 873 g/mol. The standard InChI is InChI=1S/C65H50N2S2/c1-8-26-50(27-9-1)62-44-22-23-45-63(62)66-53-48-64(51-28-24-42-60(46-51)68(54-30-10-2-11-31-54,55-32-12-3-13-33-55)56-34-14-4-15-35-56)67-65(49-53)52-29-25-43-61(47-52)69(57-36-16-5-17-37-57,58-38-18-6-19-39-58)59-40-20-7-21-41-59/h1-49H,(H,66,67). The topological polar surface area (TPSA) is 24.9 Å². The van der Waals surface area contributed by atoms with Crippen LogP contribution in [-0.4, -0.2) is 4.98 Å². The van der Waals surface area contributed by atoms with Crippen molar-refractivity contribution < 1.29 is 0 Å². The van der Waals surface area contributed by atoms with Crippen molar-refractivity contribution in [1.82, 2.24) is 4.98 Å². The zero-order valence-electron chi connectivity index (χ0n) is 38.1. The highest BCUT2D eigenvalue weighted by atomic mass is 32.3. The van der Waals surface area contributed by atoms with Gasteiger partial charge in [-0.15, -0.1) is 20.1 Å². The van der Waals surface area contributed by atoms with Crippen molar-refractivity contribution in [2.45, 2.75) is 39.2 Å². The minimum Gasteiger partial charge on any atom is -0.355 e. The van der Waals surface area contributed by atoms with Crippen LogP contribution in [0.3, 0.4) is 0 Å². The third-order valence-corrected chi connectivity index (χ3v) is 20.5. The lowest BCUT2D eigenvalue weighted by Crippen LogP contribution is -2.05. The van der Waals surface area contributed by atoms with Gasteiger partial charge in [-0.2, -0.15) is 0 Å². The maximum absolute atomic E-state index is 5.66. The summed E-state index contributed by atoms with van der Waals surface area (Å²) >= 11 is 0. The predicted molar refractivity (Wildman–Crippen MR) is 290 cm³/mol. The summed E-state index contributed by atoms with van der Waals surface area (Å²) in [6.07, 6.45) is 0. The van der Waals surface area contributed by atoms with Crippen molar-refractivity contribution in [1.29, 1.82) is 0 Å². The minimum atomic E-state index is -1.94. The summed E-state index contributed by atoms with van der Waals surface area (Å²) in [5.41, 5.74) is 8.12. The molecule has 1 aromatic heterocycles. The van der Waals surface area contributed by atoms with Gasteiger partial charge in [0.25, 0.3) is 0 Å². The lowest BCUT2D eigenvalue weighted by molar-refractivity contribution is 1.23. The van der Waals surface area contributed by atoms with E-state index >= 15 is 0 Å². The van der Waals surface area contributed by atoms with Crippen LogP contribution >= 0.6 is 20.1 Å². The van der Waals surface area contributed by atoms with Gasteiger partial charge in [0, 0.05) is 67.2 Å². The first kappa shape index (κ1) is 43.4. The summed E-state index contributed by atoms with van der Waals surface area (Å²) in [5, 5.41) is 3.91. The molecule has 11 aromatic rings. The van der Waals surface area contributed by atoms with Gasteiger partial charge in [-0.1, -0.05) is 182 Å². The van der Waals surface area contributed by atoms with Gasteiger partial charge in [0.2, 0.25) is 0 Å². The summed E-state index contributed by atoms with van der Waals surface area (Å²) in [5.74, 6) is 0. The van der Waals surface area contributed by atoms with Crippen molar-refractivity contribution in [2.24, 2.45) is 0 Å². The average molecular weight is 923 g/mol. The smallest absolute Gasteiger partial charge is 0.0730 e.